The Morgan fingerprint density at radius 1 is 1.15 bits per heavy atom. The van der Waals surface area contributed by atoms with E-state index in [4.69, 9.17) is 0 Å². The highest BCUT2D eigenvalue weighted by molar-refractivity contribution is 7.87. The molecule has 4 aliphatic rings. The topological polar surface area (TPSA) is 60.4 Å². The monoisotopic (exact) mass is 404 g/mol. The molecule has 0 bridgehead atoms. The lowest BCUT2D eigenvalue weighted by Gasteiger charge is -2.52. The SMILES string of the molecule is C[C@]12CC[C@H]3[C@@H](CCC4=CC(=O)CC[C@@H]43)[C@H]1CC=C2OS(=O)(=O)C(F)(F)F. The summed E-state index contributed by atoms with van der Waals surface area (Å²) >= 11 is 0. The van der Waals surface area contributed by atoms with E-state index in [1.807, 2.05) is 6.92 Å². The van der Waals surface area contributed by atoms with Crippen molar-refractivity contribution in [3.8, 4) is 0 Å². The maximum atomic E-state index is 12.7. The number of ketones is 1. The number of alkyl halides is 3. The van der Waals surface area contributed by atoms with E-state index in [-0.39, 0.29) is 17.5 Å². The molecule has 0 radical (unpaired) electrons. The van der Waals surface area contributed by atoms with Crippen molar-refractivity contribution in [3.63, 3.8) is 0 Å². The van der Waals surface area contributed by atoms with E-state index in [1.165, 1.54) is 5.57 Å². The number of carbonyl (C=O) groups excluding carboxylic acids is 1. The molecule has 0 unspecified atom stereocenters. The van der Waals surface area contributed by atoms with Crippen molar-refractivity contribution in [3.05, 3.63) is 23.5 Å². The minimum atomic E-state index is -5.64. The van der Waals surface area contributed by atoms with E-state index < -0.39 is 21.0 Å². The van der Waals surface area contributed by atoms with E-state index in [0.717, 1.165) is 25.7 Å². The summed E-state index contributed by atoms with van der Waals surface area (Å²) < 4.78 is 65.8. The molecule has 0 aromatic heterocycles. The minimum Gasteiger partial charge on any atom is -0.380 e. The zero-order valence-corrected chi connectivity index (χ0v) is 15.9. The van der Waals surface area contributed by atoms with Gasteiger partial charge in [0.15, 0.2) is 5.78 Å². The Kier molecular flexibility index (Phi) is 4.29. The van der Waals surface area contributed by atoms with Gasteiger partial charge in [-0.25, -0.2) is 0 Å². The molecule has 0 amide bonds. The predicted molar refractivity (Wildman–Crippen MR) is 91.6 cm³/mol. The Morgan fingerprint density at radius 2 is 1.89 bits per heavy atom. The molecule has 0 saturated heterocycles. The molecule has 2 fully saturated rings. The van der Waals surface area contributed by atoms with E-state index >= 15 is 0 Å². The zero-order chi connectivity index (χ0) is 19.6. The summed E-state index contributed by atoms with van der Waals surface area (Å²) in [5.74, 6) is 1.37. The Morgan fingerprint density at radius 3 is 2.59 bits per heavy atom. The molecule has 4 aliphatic carbocycles. The summed E-state index contributed by atoms with van der Waals surface area (Å²) in [6.45, 7) is 1.84. The number of fused-ring (bicyclic) bond motifs is 5. The van der Waals surface area contributed by atoms with Crippen LogP contribution >= 0.6 is 0 Å². The highest BCUT2D eigenvalue weighted by Crippen LogP contribution is 2.62. The molecule has 4 rings (SSSR count). The van der Waals surface area contributed by atoms with E-state index in [1.54, 1.807) is 12.2 Å². The largest absolute Gasteiger partial charge is 0.534 e. The first-order chi connectivity index (χ1) is 12.5. The van der Waals surface area contributed by atoms with Gasteiger partial charge in [0, 0.05) is 11.8 Å². The van der Waals surface area contributed by atoms with Crippen LogP contribution in [0.4, 0.5) is 13.2 Å². The van der Waals surface area contributed by atoms with Crippen LogP contribution in [0.5, 0.6) is 0 Å². The molecule has 27 heavy (non-hydrogen) atoms. The van der Waals surface area contributed by atoms with E-state index in [0.29, 0.717) is 37.0 Å². The number of hydrogen-bond acceptors (Lipinski definition) is 4. The molecule has 0 aromatic carbocycles. The number of rotatable bonds is 2. The summed E-state index contributed by atoms with van der Waals surface area (Å²) in [4.78, 5) is 11.7. The average molecular weight is 404 g/mol. The average Bonchev–Trinajstić information content (AvgIpc) is 2.89. The second kappa shape index (κ2) is 6.09. The Bertz CT molecular complexity index is 826. The fourth-order valence-electron chi connectivity index (χ4n) is 6.00. The Balaban J connectivity index is 1.56. The molecular formula is C19H23F3O4S. The van der Waals surface area contributed by atoms with Gasteiger partial charge < -0.3 is 4.18 Å². The normalized spacial score (nSPS) is 39.0. The highest BCUT2D eigenvalue weighted by atomic mass is 32.2. The molecule has 0 spiro atoms. The van der Waals surface area contributed by atoms with Crippen molar-refractivity contribution in [2.45, 2.75) is 57.4 Å². The van der Waals surface area contributed by atoms with Crippen LogP contribution in [0.3, 0.4) is 0 Å². The molecule has 8 heteroatoms. The van der Waals surface area contributed by atoms with Gasteiger partial charge in [-0.1, -0.05) is 12.5 Å². The molecule has 0 aromatic rings. The van der Waals surface area contributed by atoms with Crippen molar-refractivity contribution in [1.82, 2.24) is 0 Å². The van der Waals surface area contributed by atoms with Gasteiger partial charge in [-0.2, -0.15) is 21.6 Å². The molecule has 0 aliphatic heterocycles. The van der Waals surface area contributed by atoms with Crippen LogP contribution < -0.4 is 0 Å². The quantitative estimate of drug-likeness (QED) is 0.503. The lowest BCUT2D eigenvalue weighted by Crippen LogP contribution is -2.46. The Labute approximate surface area is 157 Å². The number of hydrogen-bond donors (Lipinski definition) is 0. The number of allylic oxidation sites excluding steroid dienone is 4. The van der Waals surface area contributed by atoms with Crippen LogP contribution in [-0.4, -0.2) is 19.7 Å². The lowest BCUT2D eigenvalue weighted by atomic mass is 9.52. The van der Waals surface area contributed by atoms with Crippen molar-refractivity contribution < 1.29 is 30.6 Å². The van der Waals surface area contributed by atoms with Crippen LogP contribution in [-0.2, 0) is 19.1 Å². The van der Waals surface area contributed by atoms with Crippen molar-refractivity contribution >= 4 is 15.9 Å². The summed E-state index contributed by atoms with van der Waals surface area (Å²) in [6.07, 6.45) is 8.49. The van der Waals surface area contributed by atoms with E-state index in [2.05, 4.69) is 4.18 Å². The maximum absolute atomic E-state index is 12.7. The van der Waals surface area contributed by atoms with Crippen LogP contribution in [0.25, 0.3) is 0 Å². The minimum absolute atomic E-state index is 0.0385. The zero-order valence-electron chi connectivity index (χ0n) is 15.1. The molecule has 4 nitrogen and oxygen atoms in total. The highest BCUT2D eigenvalue weighted by Gasteiger charge is 2.57. The fourth-order valence-corrected chi connectivity index (χ4v) is 6.59. The first-order valence-corrected chi connectivity index (χ1v) is 10.9. The number of halogens is 3. The van der Waals surface area contributed by atoms with Crippen LogP contribution in [0.2, 0.25) is 0 Å². The smallest absolute Gasteiger partial charge is 0.380 e. The summed E-state index contributed by atoms with van der Waals surface area (Å²) in [6, 6.07) is 0. The van der Waals surface area contributed by atoms with Crippen LogP contribution in [0.15, 0.2) is 23.5 Å². The molecule has 2 saturated carbocycles. The van der Waals surface area contributed by atoms with Crippen molar-refractivity contribution in [2.24, 2.45) is 29.1 Å². The lowest BCUT2D eigenvalue weighted by molar-refractivity contribution is -0.116. The molecule has 5 atom stereocenters. The van der Waals surface area contributed by atoms with Gasteiger partial charge in [0.05, 0.1) is 0 Å². The molecule has 150 valence electrons. The maximum Gasteiger partial charge on any atom is 0.534 e. The van der Waals surface area contributed by atoms with Crippen LogP contribution in [0, 0.1) is 29.1 Å². The third-order valence-electron chi connectivity index (χ3n) is 7.29. The van der Waals surface area contributed by atoms with Gasteiger partial charge in [0.25, 0.3) is 0 Å². The summed E-state index contributed by atoms with van der Waals surface area (Å²) in [5, 5.41) is 0. The van der Waals surface area contributed by atoms with Gasteiger partial charge in [-0.3, -0.25) is 4.79 Å². The molecule has 0 N–H and O–H groups in total. The fraction of sp³-hybridized carbons (Fsp3) is 0.737. The molecule has 0 heterocycles. The second-order valence-corrected chi connectivity index (χ2v) is 10.1. The number of carbonyl (C=O) groups is 1. The first-order valence-electron chi connectivity index (χ1n) is 9.47. The van der Waals surface area contributed by atoms with Gasteiger partial charge in [-0.15, -0.1) is 0 Å². The summed E-state index contributed by atoms with van der Waals surface area (Å²) in [7, 11) is -5.64. The van der Waals surface area contributed by atoms with Crippen molar-refractivity contribution in [1.29, 1.82) is 0 Å². The van der Waals surface area contributed by atoms with Crippen LogP contribution in [0.1, 0.15) is 51.9 Å². The molecular weight excluding hydrogens is 381 g/mol. The third kappa shape index (κ3) is 2.95. The predicted octanol–water partition coefficient (Wildman–Crippen LogP) is 4.49. The van der Waals surface area contributed by atoms with Gasteiger partial charge in [-0.05, 0) is 74.3 Å². The summed E-state index contributed by atoms with van der Waals surface area (Å²) in [5.41, 5.74) is -4.86. The first kappa shape index (κ1) is 19.0. The second-order valence-electron chi connectivity index (χ2n) is 8.55. The van der Waals surface area contributed by atoms with Gasteiger partial charge >= 0.3 is 15.6 Å². The Hall–Kier alpha value is -1.31. The van der Waals surface area contributed by atoms with Gasteiger partial charge in [0.2, 0.25) is 0 Å². The standard InChI is InChI=1S/C19H23F3O4S/c1-18-9-8-14-13-5-3-12(23)10-11(13)2-4-15(14)16(18)6-7-17(18)26-27(24,25)19(20,21)22/h7,10,13-16H,2-6,8-9H2,1H3/t13-,14+,15+,16+,18-/m0/s1. The van der Waals surface area contributed by atoms with E-state index in [9.17, 15) is 26.4 Å². The van der Waals surface area contributed by atoms with Crippen molar-refractivity contribution in [2.75, 3.05) is 0 Å². The van der Waals surface area contributed by atoms with Gasteiger partial charge in [0.1, 0.15) is 5.76 Å². The third-order valence-corrected chi connectivity index (χ3v) is 8.26.